The molecule has 0 spiro atoms. The van der Waals surface area contributed by atoms with Crippen LogP contribution in [0.15, 0.2) is 66.2 Å². The van der Waals surface area contributed by atoms with E-state index in [1.54, 1.807) is 6.08 Å². The van der Waals surface area contributed by atoms with Gasteiger partial charge in [-0.15, -0.1) is 23.2 Å². The number of benzene rings is 2. The zero-order valence-corrected chi connectivity index (χ0v) is 16.1. The highest BCUT2D eigenvalue weighted by Gasteiger charge is 2.57. The number of para-hydroxylation sites is 1. The molecule has 1 aliphatic carbocycles. The van der Waals surface area contributed by atoms with Crippen LogP contribution >= 0.6 is 23.2 Å². The van der Waals surface area contributed by atoms with Crippen LogP contribution in [-0.2, 0) is 16.1 Å². The third-order valence-corrected chi connectivity index (χ3v) is 4.75. The second-order valence-corrected chi connectivity index (χ2v) is 7.95. The van der Waals surface area contributed by atoms with Crippen molar-refractivity contribution >= 4 is 29.2 Å². The van der Waals surface area contributed by atoms with Gasteiger partial charge in [-0.3, -0.25) is 4.79 Å². The van der Waals surface area contributed by atoms with E-state index < -0.39 is 4.84 Å². The largest absolute Gasteiger partial charge is 0.460 e. The van der Waals surface area contributed by atoms with Crippen LogP contribution in [0.4, 0.5) is 0 Å². The fraction of sp³-hybridized carbons (Fsp3) is 0.286. The van der Waals surface area contributed by atoms with E-state index in [4.69, 9.17) is 32.7 Å². The van der Waals surface area contributed by atoms with Crippen molar-refractivity contribution in [1.29, 1.82) is 0 Å². The first-order valence-electron chi connectivity index (χ1n) is 8.37. The molecule has 26 heavy (non-hydrogen) atoms. The first-order chi connectivity index (χ1) is 12.4. The summed E-state index contributed by atoms with van der Waals surface area (Å²) in [6, 6.07) is 17.0. The highest BCUT2D eigenvalue weighted by molar-refractivity contribution is 6.45. The Bertz CT molecular complexity index is 813. The Morgan fingerprint density at radius 1 is 1.12 bits per heavy atom. The highest BCUT2D eigenvalue weighted by atomic mass is 35.5. The van der Waals surface area contributed by atoms with Gasteiger partial charge >= 0.3 is 5.97 Å². The predicted molar refractivity (Wildman–Crippen MR) is 104 cm³/mol. The third-order valence-electron chi connectivity index (χ3n) is 4.49. The van der Waals surface area contributed by atoms with Crippen molar-refractivity contribution in [2.75, 3.05) is 0 Å². The van der Waals surface area contributed by atoms with E-state index in [2.05, 4.69) is 0 Å². The summed E-state index contributed by atoms with van der Waals surface area (Å²) in [6.45, 7) is 4.15. The van der Waals surface area contributed by atoms with Crippen LogP contribution in [-0.4, -0.2) is 10.8 Å². The molecule has 1 atom stereocenters. The van der Waals surface area contributed by atoms with Gasteiger partial charge in [-0.05, 0) is 35.4 Å². The van der Waals surface area contributed by atoms with E-state index in [0.717, 1.165) is 16.9 Å². The minimum Gasteiger partial charge on any atom is -0.460 e. The standard InChI is InChI=1S/C21H20Cl2O3/c1-21(2)17(12-18(22)23)19(21)20(24)25-13-14-7-6-10-16(11-14)26-15-8-4-3-5-9-15/h3-12,18-19H,13H2,1-2H3. The molecule has 0 aliphatic heterocycles. The molecule has 0 saturated heterocycles. The number of rotatable bonds is 6. The number of carbonyl (C=O) groups is 1. The van der Waals surface area contributed by atoms with Crippen LogP contribution in [0.5, 0.6) is 11.5 Å². The third kappa shape index (κ3) is 4.40. The lowest BCUT2D eigenvalue weighted by molar-refractivity contribution is -0.147. The van der Waals surface area contributed by atoms with Crippen LogP contribution in [0.1, 0.15) is 19.4 Å². The number of halogens is 2. The van der Waals surface area contributed by atoms with Gasteiger partial charge in [-0.25, -0.2) is 0 Å². The molecule has 3 rings (SSSR count). The second kappa shape index (κ2) is 7.73. The van der Waals surface area contributed by atoms with E-state index in [9.17, 15) is 4.79 Å². The summed E-state index contributed by atoms with van der Waals surface area (Å²) in [4.78, 5) is 11.8. The van der Waals surface area contributed by atoms with Crippen molar-refractivity contribution in [1.82, 2.24) is 0 Å². The summed E-state index contributed by atoms with van der Waals surface area (Å²) < 4.78 is 11.3. The van der Waals surface area contributed by atoms with E-state index in [1.165, 1.54) is 0 Å². The van der Waals surface area contributed by atoms with Crippen molar-refractivity contribution in [3.8, 4) is 11.5 Å². The van der Waals surface area contributed by atoms with Crippen LogP contribution in [0, 0.1) is 11.3 Å². The molecule has 0 amide bonds. The molecule has 0 bridgehead atoms. The molecule has 1 saturated carbocycles. The molecule has 0 radical (unpaired) electrons. The fourth-order valence-corrected chi connectivity index (χ4v) is 3.28. The number of hydrogen-bond acceptors (Lipinski definition) is 3. The molecule has 0 heterocycles. The van der Waals surface area contributed by atoms with Crippen LogP contribution in [0.25, 0.3) is 0 Å². The van der Waals surface area contributed by atoms with Crippen LogP contribution in [0.2, 0.25) is 0 Å². The van der Waals surface area contributed by atoms with E-state index in [0.29, 0.717) is 5.75 Å². The van der Waals surface area contributed by atoms with Crippen molar-refractivity contribution in [3.05, 3.63) is 71.8 Å². The monoisotopic (exact) mass is 390 g/mol. The van der Waals surface area contributed by atoms with Crippen molar-refractivity contribution in [3.63, 3.8) is 0 Å². The summed E-state index contributed by atoms with van der Waals surface area (Å²) in [5, 5.41) is 0. The lowest BCUT2D eigenvalue weighted by atomic mass is 10.1. The fourth-order valence-electron chi connectivity index (χ4n) is 3.01. The predicted octanol–water partition coefficient (Wildman–Crippen LogP) is 5.91. The lowest BCUT2D eigenvalue weighted by Crippen LogP contribution is -2.10. The number of allylic oxidation sites excluding steroid dienone is 1. The van der Waals surface area contributed by atoms with Gasteiger partial charge in [0.15, 0.2) is 0 Å². The molecular weight excluding hydrogens is 371 g/mol. The summed E-state index contributed by atoms with van der Waals surface area (Å²) >= 11 is 11.6. The Balaban J connectivity index is 1.60. The first-order valence-corrected chi connectivity index (χ1v) is 9.24. The van der Waals surface area contributed by atoms with Gasteiger partial charge in [0, 0.05) is 5.41 Å². The summed E-state index contributed by atoms with van der Waals surface area (Å²) in [6.07, 6.45) is 1.71. The molecule has 5 heteroatoms. The Hall–Kier alpha value is -1.97. The topological polar surface area (TPSA) is 35.5 Å². The summed E-state index contributed by atoms with van der Waals surface area (Å²) in [5.74, 6) is 0.910. The van der Waals surface area contributed by atoms with Crippen LogP contribution in [0.3, 0.4) is 0 Å². The van der Waals surface area contributed by atoms with Gasteiger partial charge in [0.2, 0.25) is 0 Å². The van der Waals surface area contributed by atoms with Crippen molar-refractivity contribution < 1.29 is 14.3 Å². The number of ether oxygens (including phenoxy) is 2. The Kier molecular flexibility index (Phi) is 5.59. The molecule has 2 aromatic rings. The minimum absolute atomic E-state index is 0.190. The molecule has 0 N–H and O–H groups in total. The summed E-state index contributed by atoms with van der Waals surface area (Å²) in [5.41, 5.74) is 1.54. The van der Waals surface area contributed by atoms with Crippen molar-refractivity contribution in [2.45, 2.75) is 25.3 Å². The van der Waals surface area contributed by atoms with E-state index in [-0.39, 0.29) is 23.9 Å². The second-order valence-electron chi connectivity index (χ2n) is 6.78. The van der Waals surface area contributed by atoms with Gasteiger partial charge in [0.1, 0.15) is 22.9 Å². The van der Waals surface area contributed by atoms with Gasteiger partial charge < -0.3 is 9.47 Å². The normalized spacial score (nSPS) is 19.4. The Morgan fingerprint density at radius 3 is 2.50 bits per heavy atom. The maximum atomic E-state index is 12.4. The number of esters is 1. The SMILES string of the molecule is CC1(C)C(=CC(Cl)Cl)C1C(=O)OCc1cccc(Oc2ccccc2)c1. The van der Waals surface area contributed by atoms with E-state index in [1.807, 2.05) is 68.4 Å². The molecule has 2 aromatic carbocycles. The maximum Gasteiger partial charge on any atom is 0.314 e. The maximum absolute atomic E-state index is 12.4. The molecule has 3 nitrogen and oxygen atoms in total. The zero-order valence-electron chi connectivity index (χ0n) is 14.6. The molecule has 1 unspecified atom stereocenters. The Labute approximate surface area is 163 Å². The minimum atomic E-state index is -0.617. The van der Waals surface area contributed by atoms with E-state index >= 15 is 0 Å². The number of hydrogen-bond donors (Lipinski definition) is 0. The van der Waals surface area contributed by atoms with Gasteiger partial charge in [0.25, 0.3) is 0 Å². The molecule has 1 fully saturated rings. The smallest absolute Gasteiger partial charge is 0.314 e. The van der Waals surface area contributed by atoms with Gasteiger partial charge in [-0.2, -0.15) is 0 Å². The number of alkyl halides is 2. The zero-order chi connectivity index (χ0) is 18.7. The lowest BCUT2D eigenvalue weighted by Gasteiger charge is -2.09. The Morgan fingerprint density at radius 2 is 1.81 bits per heavy atom. The molecular formula is C21H20Cl2O3. The molecule has 1 aliphatic rings. The van der Waals surface area contributed by atoms with Crippen molar-refractivity contribution in [2.24, 2.45) is 11.3 Å². The first kappa shape index (κ1) is 18.8. The molecule has 136 valence electrons. The van der Waals surface area contributed by atoms with Gasteiger partial charge in [0.05, 0.1) is 5.92 Å². The number of carbonyl (C=O) groups excluding carboxylic acids is 1. The average molecular weight is 391 g/mol. The summed E-state index contributed by atoms with van der Waals surface area (Å²) in [7, 11) is 0. The highest BCUT2D eigenvalue weighted by Crippen LogP contribution is 2.58. The van der Waals surface area contributed by atoms with Crippen LogP contribution < -0.4 is 4.74 Å². The van der Waals surface area contributed by atoms with Gasteiger partial charge in [-0.1, -0.05) is 50.3 Å². The quantitative estimate of drug-likeness (QED) is 0.349. The molecule has 0 aromatic heterocycles. The average Bonchev–Trinajstić information content (AvgIpc) is 3.13.